The molecule has 0 aromatic carbocycles. The Labute approximate surface area is 183 Å². The van der Waals surface area contributed by atoms with Crippen LogP contribution in [-0.4, -0.2) is 25.3 Å². The van der Waals surface area contributed by atoms with Crippen LogP contribution in [0, 0.1) is 6.92 Å². The maximum atomic E-state index is 11.1. The Morgan fingerprint density at radius 2 is 1.97 bits per heavy atom. The van der Waals surface area contributed by atoms with Crippen molar-refractivity contribution in [1.29, 1.82) is 0 Å². The zero-order valence-electron chi connectivity index (χ0n) is 17.7. The number of pyridine rings is 1. The third-order valence-corrected chi connectivity index (χ3v) is 7.37. The molecule has 0 aliphatic heterocycles. The molecule has 30 heavy (non-hydrogen) atoms. The molecular formula is C20H29N5O3S2. The number of anilines is 1. The van der Waals surface area contributed by atoms with Gasteiger partial charge in [0.05, 0.1) is 11.4 Å². The van der Waals surface area contributed by atoms with Gasteiger partial charge in [0.15, 0.2) is 15.3 Å². The first kappa shape index (κ1) is 22.8. The van der Waals surface area contributed by atoms with Gasteiger partial charge < -0.3 is 16.2 Å². The zero-order valence-corrected chi connectivity index (χ0v) is 19.4. The summed E-state index contributed by atoms with van der Waals surface area (Å²) in [5, 5.41) is 17.7. The summed E-state index contributed by atoms with van der Waals surface area (Å²) in [5.74, 6) is 0.504. The number of amides is 2. The standard InChI is InChI=1S/C13H17N3O.C7H12N2O2S2/c1-7-5-6-9-11(7)15-10-4-2-3-8(10)12(9)16-13(14)17;1-4-5(7(2,3)10)9-6(12-4)13(8)11/h7H,2-6H2,1H3,(H3,14,15,16,17);10H,8H2,1-3H3. The van der Waals surface area contributed by atoms with Crippen molar-refractivity contribution in [2.24, 2.45) is 10.9 Å². The molecule has 2 heterocycles. The average molecular weight is 452 g/mol. The number of nitrogens with zero attached hydrogens (tertiary/aromatic N) is 2. The van der Waals surface area contributed by atoms with E-state index in [0.29, 0.717) is 16.0 Å². The van der Waals surface area contributed by atoms with Crippen molar-refractivity contribution in [3.63, 3.8) is 0 Å². The number of hydrogen-bond acceptors (Lipinski definition) is 6. The van der Waals surface area contributed by atoms with E-state index in [1.54, 1.807) is 13.8 Å². The molecule has 10 heteroatoms. The highest BCUT2D eigenvalue weighted by Gasteiger charge is 2.29. The summed E-state index contributed by atoms with van der Waals surface area (Å²) in [6, 6.07) is -0.466. The number of fused-ring (bicyclic) bond motifs is 2. The third-order valence-electron chi connectivity index (χ3n) is 5.43. The molecule has 0 radical (unpaired) electrons. The van der Waals surface area contributed by atoms with Crippen molar-refractivity contribution in [2.45, 2.75) is 75.7 Å². The fourth-order valence-corrected chi connectivity index (χ4v) is 5.78. The topological polar surface area (TPSA) is 144 Å². The molecule has 4 rings (SSSR count). The van der Waals surface area contributed by atoms with Gasteiger partial charge >= 0.3 is 6.03 Å². The van der Waals surface area contributed by atoms with E-state index in [-0.39, 0.29) is 0 Å². The first-order valence-corrected chi connectivity index (χ1v) is 12.0. The maximum Gasteiger partial charge on any atom is 0.316 e. The fraction of sp³-hybridized carbons (Fsp3) is 0.550. The van der Waals surface area contributed by atoms with Crippen LogP contribution in [0.5, 0.6) is 0 Å². The summed E-state index contributed by atoms with van der Waals surface area (Å²) < 4.78 is 11.2. The molecule has 0 fully saturated rings. The van der Waals surface area contributed by atoms with E-state index in [1.807, 2.05) is 6.92 Å². The van der Waals surface area contributed by atoms with Crippen LogP contribution in [0.4, 0.5) is 10.5 Å². The molecule has 164 valence electrons. The second-order valence-corrected chi connectivity index (χ2v) is 10.7. The Bertz CT molecular complexity index is 997. The molecule has 0 bridgehead atoms. The molecule has 2 atom stereocenters. The van der Waals surface area contributed by atoms with Crippen molar-refractivity contribution in [3.8, 4) is 0 Å². The van der Waals surface area contributed by atoms with E-state index in [9.17, 15) is 14.1 Å². The van der Waals surface area contributed by atoms with Gasteiger partial charge in [-0.15, -0.1) is 11.3 Å². The molecule has 0 saturated heterocycles. The lowest BCUT2D eigenvalue weighted by Crippen LogP contribution is -2.21. The summed E-state index contributed by atoms with van der Waals surface area (Å²) >= 11 is 1.25. The number of nitrogens with one attached hydrogen (secondary N) is 1. The number of aromatic nitrogens is 2. The van der Waals surface area contributed by atoms with E-state index in [2.05, 4.69) is 17.2 Å². The first-order chi connectivity index (χ1) is 14.0. The van der Waals surface area contributed by atoms with E-state index in [0.717, 1.165) is 42.7 Å². The molecule has 2 aromatic rings. The first-order valence-electron chi connectivity index (χ1n) is 9.96. The summed E-state index contributed by atoms with van der Waals surface area (Å²) in [4.78, 5) is 20.8. The number of rotatable bonds is 3. The van der Waals surface area contributed by atoms with Gasteiger partial charge in [0.2, 0.25) is 0 Å². The number of carbonyl (C=O) groups excluding carboxylic acids is 1. The van der Waals surface area contributed by atoms with Crippen molar-refractivity contribution < 1.29 is 14.1 Å². The summed E-state index contributed by atoms with van der Waals surface area (Å²) in [7, 11) is -1.56. The highest BCUT2D eigenvalue weighted by atomic mass is 32.2. The number of carbonyl (C=O) groups is 1. The van der Waals surface area contributed by atoms with Crippen LogP contribution in [0.3, 0.4) is 0 Å². The van der Waals surface area contributed by atoms with Crippen molar-refractivity contribution in [2.75, 3.05) is 5.32 Å². The van der Waals surface area contributed by atoms with Gasteiger partial charge in [-0.3, -0.25) is 4.98 Å². The van der Waals surface area contributed by atoms with Crippen LogP contribution in [-0.2, 0) is 35.8 Å². The van der Waals surface area contributed by atoms with Crippen molar-refractivity contribution in [1.82, 2.24) is 9.97 Å². The molecule has 2 aromatic heterocycles. The number of hydrogen-bond donors (Lipinski definition) is 4. The third kappa shape index (κ3) is 4.72. The van der Waals surface area contributed by atoms with Gasteiger partial charge in [-0.05, 0) is 69.9 Å². The normalized spacial score (nSPS) is 18.3. The highest BCUT2D eigenvalue weighted by molar-refractivity contribution is 7.84. The highest BCUT2D eigenvalue weighted by Crippen LogP contribution is 2.41. The number of thiazole rings is 1. The Balaban J connectivity index is 0.000000178. The minimum absolute atomic E-state index is 0.356. The van der Waals surface area contributed by atoms with Crippen LogP contribution in [0.15, 0.2) is 4.34 Å². The summed E-state index contributed by atoms with van der Waals surface area (Å²) in [6.07, 6.45) is 5.31. The quantitative estimate of drug-likeness (QED) is 0.567. The smallest absolute Gasteiger partial charge is 0.316 e. The largest absolute Gasteiger partial charge is 0.384 e. The number of primary amides is 1. The minimum Gasteiger partial charge on any atom is -0.384 e. The predicted octanol–water partition coefficient (Wildman–Crippen LogP) is 2.77. The number of aliphatic hydroxyl groups is 1. The van der Waals surface area contributed by atoms with Gasteiger partial charge in [-0.25, -0.2) is 19.1 Å². The summed E-state index contributed by atoms with van der Waals surface area (Å²) in [5.41, 5.74) is 10.6. The fourth-order valence-electron chi connectivity index (χ4n) is 4.10. The minimum atomic E-state index is -1.56. The van der Waals surface area contributed by atoms with Crippen LogP contribution >= 0.6 is 11.3 Å². The van der Waals surface area contributed by atoms with Crippen LogP contribution in [0.25, 0.3) is 0 Å². The van der Waals surface area contributed by atoms with Crippen molar-refractivity contribution >= 4 is 34.0 Å². The Morgan fingerprint density at radius 3 is 2.50 bits per heavy atom. The van der Waals surface area contributed by atoms with E-state index < -0.39 is 22.6 Å². The Hall–Kier alpha value is -1.88. The second-order valence-electron chi connectivity index (χ2n) is 8.30. The zero-order chi connectivity index (χ0) is 22.2. The van der Waals surface area contributed by atoms with Crippen LogP contribution < -0.4 is 16.2 Å². The van der Waals surface area contributed by atoms with E-state index in [4.69, 9.17) is 15.9 Å². The molecular weight excluding hydrogens is 422 g/mol. The van der Waals surface area contributed by atoms with Gasteiger partial charge in [-0.1, -0.05) is 6.92 Å². The molecule has 6 N–H and O–H groups in total. The van der Waals surface area contributed by atoms with Crippen LogP contribution in [0.2, 0.25) is 0 Å². The number of aryl methyl sites for hydroxylation is 2. The van der Waals surface area contributed by atoms with E-state index in [1.165, 1.54) is 33.9 Å². The molecule has 0 spiro atoms. The van der Waals surface area contributed by atoms with Crippen LogP contribution in [0.1, 0.15) is 72.6 Å². The van der Waals surface area contributed by atoms with Gasteiger partial charge in [0.25, 0.3) is 0 Å². The van der Waals surface area contributed by atoms with Gasteiger partial charge in [-0.2, -0.15) is 0 Å². The van der Waals surface area contributed by atoms with Gasteiger partial charge in [0, 0.05) is 16.3 Å². The average Bonchev–Trinajstić information content (AvgIpc) is 3.34. The molecule has 2 unspecified atom stereocenters. The lowest BCUT2D eigenvalue weighted by atomic mass is 10.0. The summed E-state index contributed by atoms with van der Waals surface area (Å²) in [6.45, 7) is 7.30. The van der Waals surface area contributed by atoms with E-state index >= 15 is 0 Å². The monoisotopic (exact) mass is 451 g/mol. The molecule has 2 aliphatic carbocycles. The molecule has 2 aliphatic rings. The Kier molecular flexibility index (Phi) is 6.61. The second kappa shape index (κ2) is 8.70. The molecule has 8 nitrogen and oxygen atoms in total. The Morgan fingerprint density at radius 1 is 1.27 bits per heavy atom. The SMILES string of the molecule is CC1CCc2c1nc1c(c2NC(N)=O)CCC1.Cc1sc(S(N)=O)nc1C(C)(C)O. The van der Waals surface area contributed by atoms with Crippen molar-refractivity contribution in [3.05, 3.63) is 33.1 Å². The predicted molar refractivity (Wildman–Crippen MR) is 119 cm³/mol. The molecule has 2 amide bonds. The number of nitrogens with two attached hydrogens (primary N) is 2. The maximum absolute atomic E-state index is 11.1. The lowest BCUT2D eigenvalue weighted by Gasteiger charge is -2.14. The van der Waals surface area contributed by atoms with Gasteiger partial charge in [0.1, 0.15) is 5.60 Å². The number of urea groups is 1. The lowest BCUT2D eigenvalue weighted by molar-refractivity contribution is 0.0734. The molecule has 0 saturated carbocycles.